The van der Waals surface area contributed by atoms with Gasteiger partial charge >= 0.3 is 0 Å². The van der Waals surface area contributed by atoms with Crippen LogP contribution in [-0.2, 0) is 11.2 Å². The van der Waals surface area contributed by atoms with Gasteiger partial charge in [-0.05, 0) is 24.5 Å². The van der Waals surface area contributed by atoms with Crippen LogP contribution in [0, 0.1) is 6.92 Å². The lowest BCUT2D eigenvalue weighted by Gasteiger charge is -2.20. The number of benzene rings is 2. The first-order valence-corrected chi connectivity index (χ1v) is 7.48. The lowest BCUT2D eigenvalue weighted by atomic mass is 9.94. The predicted molar refractivity (Wildman–Crippen MR) is 87.1 cm³/mol. The first-order valence-electron chi connectivity index (χ1n) is 7.48. The number of amides is 1. The topological polar surface area (TPSA) is 58.7 Å². The Morgan fingerprint density at radius 1 is 1.23 bits per heavy atom. The van der Waals surface area contributed by atoms with Crippen molar-refractivity contribution in [1.82, 2.24) is 0 Å². The molecule has 0 aliphatic carbocycles. The number of carbonyl (C=O) groups is 1. The van der Waals surface area contributed by atoms with Gasteiger partial charge in [0, 0.05) is 12.1 Å². The third-order valence-corrected chi connectivity index (χ3v) is 4.38. The monoisotopic (exact) mass is 291 g/mol. The molecule has 0 aromatic heterocycles. The fourth-order valence-corrected chi connectivity index (χ4v) is 3.45. The zero-order valence-electron chi connectivity index (χ0n) is 12.4. The van der Waals surface area contributed by atoms with Crippen LogP contribution in [0.1, 0.15) is 28.3 Å². The van der Waals surface area contributed by atoms with Crippen molar-refractivity contribution < 1.29 is 4.79 Å². The molecule has 0 radical (unpaired) electrons. The summed E-state index contributed by atoms with van der Waals surface area (Å²) in [5.74, 6) is -0.0853. The van der Waals surface area contributed by atoms with Gasteiger partial charge in [0.05, 0.1) is 5.69 Å². The molecule has 2 aromatic rings. The number of anilines is 1. The number of hydrogen-bond acceptors (Lipinski definition) is 3. The average Bonchev–Trinajstić information content (AvgIpc) is 2.91. The van der Waals surface area contributed by atoms with Gasteiger partial charge in [-0.15, -0.1) is 0 Å². The van der Waals surface area contributed by atoms with Crippen LogP contribution in [0.5, 0.6) is 0 Å². The van der Waals surface area contributed by atoms with Crippen LogP contribution in [-0.4, -0.2) is 18.3 Å². The summed E-state index contributed by atoms with van der Waals surface area (Å²) in [7, 11) is 0. The summed E-state index contributed by atoms with van der Waals surface area (Å²) in [5, 5.41) is 0. The molecule has 0 saturated heterocycles. The van der Waals surface area contributed by atoms with Crippen LogP contribution >= 0.6 is 0 Å². The number of aliphatic imine (C=N–C) groups is 1. The fourth-order valence-electron chi connectivity index (χ4n) is 3.45. The summed E-state index contributed by atoms with van der Waals surface area (Å²) in [5.41, 5.74) is 11.5. The minimum Gasteiger partial charge on any atom is -0.379 e. The molecule has 0 bridgehead atoms. The maximum Gasteiger partial charge on any atom is 0.293 e. The van der Waals surface area contributed by atoms with Gasteiger partial charge in [-0.2, -0.15) is 0 Å². The molecule has 22 heavy (non-hydrogen) atoms. The molecule has 1 amide bonds. The van der Waals surface area contributed by atoms with Crippen LogP contribution in [0.25, 0.3) is 0 Å². The molecular formula is C18H17N3O. The summed E-state index contributed by atoms with van der Waals surface area (Å²) < 4.78 is 0. The third-order valence-electron chi connectivity index (χ3n) is 4.38. The SMILES string of the molecule is Cc1cc2c3c(c1)C(c1ccccc1)N=C(N)C(=O)N3CC2. The molecule has 4 rings (SSSR count). The first kappa shape index (κ1) is 13.1. The minimum absolute atomic E-state index is 0.0931. The van der Waals surface area contributed by atoms with Gasteiger partial charge in [0.25, 0.3) is 5.91 Å². The molecule has 2 heterocycles. The number of nitrogens with zero attached hydrogens (tertiary/aromatic N) is 2. The number of amidine groups is 1. The van der Waals surface area contributed by atoms with Crippen molar-refractivity contribution in [2.24, 2.45) is 10.7 Å². The molecule has 2 aliphatic rings. The molecule has 2 aromatic carbocycles. The van der Waals surface area contributed by atoms with Crippen LogP contribution in [0.4, 0.5) is 5.69 Å². The second-order valence-corrected chi connectivity index (χ2v) is 5.90. The van der Waals surface area contributed by atoms with Gasteiger partial charge in [-0.1, -0.05) is 48.0 Å². The predicted octanol–water partition coefficient (Wildman–Crippen LogP) is 2.34. The van der Waals surface area contributed by atoms with E-state index < -0.39 is 0 Å². The van der Waals surface area contributed by atoms with Gasteiger partial charge in [-0.3, -0.25) is 9.79 Å². The summed E-state index contributed by atoms with van der Waals surface area (Å²) in [6.45, 7) is 2.77. The van der Waals surface area contributed by atoms with Crippen LogP contribution in [0.2, 0.25) is 0 Å². The fraction of sp³-hybridized carbons (Fsp3) is 0.222. The van der Waals surface area contributed by atoms with Crippen molar-refractivity contribution in [2.75, 3.05) is 11.4 Å². The van der Waals surface area contributed by atoms with Gasteiger partial charge < -0.3 is 10.6 Å². The molecule has 2 N–H and O–H groups in total. The Labute approximate surface area is 129 Å². The lowest BCUT2D eigenvalue weighted by Crippen LogP contribution is -2.38. The first-order chi connectivity index (χ1) is 10.6. The zero-order chi connectivity index (χ0) is 15.3. The Balaban J connectivity index is 2.00. The standard InChI is InChI=1S/C18H17N3O/c1-11-9-13-7-8-21-16(13)14(10-11)15(20-17(19)18(21)22)12-5-3-2-4-6-12/h2-6,9-10,15H,7-8H2,1H3,(H2,19,20). The van der Waals surface area contributed by atoms with Gasteiger partial charge in [0.1, 0.15) is 6.04 Å². The van der Waals surface area contributed by atoms with E-state index in [2.05, 4.69) is 24.0 Å². The number of aryl methyl sites for hydroxylation is 1. The third kappa shape index (κ3) is 1.84. The molecule has 4 heteroatoms. The van der Waals surface area contributed by atoms with E-state index in [1.54, 1.807) is 4.90 Å². The summed E-state index contributed by atoms with van der Waals surface area (Å²) in [6, 6.07) is 14.1. The second-order valence-electron chi connectivity index (χ2n) is 5.90. The van der Waals surface area contributed by atoms with Crippen LogP contribution in [0.15, 0.2) is 47.5 Å². The summed E-state index contributed by atoms with van der Waals surface area (Å²) >= 11 is 0. The Bertz CT molecular complexity index is 795. The van der Waals surface area contributed by atoms with Crippen molar-refractivity contribution in [3.05, 3.63) is 64.7 Å². The maximum atomic E-state index is 12.5. The van der Waals surface area contributed by atoms with Gasteiger partial charge in [0.15, 0.2) is 5.84 Å². The Morgan fingerprint density at radius 3 is 2.77 bits per heavy atom. The number of nitrogens with two attached hydrogens (primary N) is 1. The molecule has 2 aliphatic heterocycles. The van der Waals surface area contributed by atoms with E-state index in [1.165, 1.54) is 11.1 Å². The smallest absolute Gasteiger partial charge is 0.293 e. The molecule has 0 fully saturated rings. The molecule has 1 atom stereocenters. The molecule has 0 saturated carbocycles. The van der Waals surface area contributed by atoms with E-state index in [0.29, 0.717) is 6.54 Å². The van der Waals surface area contributed by atoms with E-state index >= 15 is 0 Å². The van der Waals surface area contributed by atoms with E-state index in [9.17, 15) is 4.79 Å². The Kier molecular flexibility index (Phi) is 2.79. The molecule has 4 nitrogen and oxygen atoms in total. The zero-order valence-corrected chi connectivity index (χ0v) is 12.4. The van der Waals surface area contributed by atoms with Gasteiger partial charge in [-0.25, -0.2) is 0 Å². The molecule has 1 unspecified atom stereocenters. The number of carbonyl (C=O) groups excluding carboxylic acids is 1. The normalized spacial score (nSPS) is 19.7. The molecule has 0 spiro atoms. The van der Waals surface area contributed by atoms with Crippen molar-refractivity contribution in [2.45, 2.75) is 19.4 Å². The maximum absolute atomic E-state index is 12.5. The summed E-state index contributed by atoms with van der Waals surface area (Å²) in [4.78, 5) is 18.8. The number of rotatable bonds is 1. The highest BCUT2D eigenvalue weighted by molar-refractivity contribution is 6.43. The van der Waals surface area contributed by atoms with Crippen molar-refractivity contribution in [1.29, 1.82) is 0 Å². The van der Waals surface area contributed by atoms with E-state index in [-0.39, 0.29) is 17.8 Å². The van der Waals surface area contributed by atoms with Crippen LogP contribution in [0.3, 0.4) is 0 Å². The van der Waals surface area contributed by atoms with Crippen molar-refractivity contribution in [3.63, 3.8) is 0 Å². The van der Waals surface area contributed by atoms with E-state index in [1.807, 2.05) is 30.3 Å². The van der Waals surface area contributed by atoms with Crippen molar-refractivity contribution >= 4 is 17.4 Å². The van der Waals surface area contributed by atoms with E-state index in [4.69, 9.17) is 5.73 Å². The quantitative estimate of drug-likeness (QED) is 0.876. The van der Waals surface area contributed by atoms with Crippen molar-refractivity contribution in [3.8, 4) is 0 Å². The highest BCUT2D eigenvalue weighted by Gasteiger charge is 2.35. The number of hydrogen-bond donors (Lipinski definition) is 1. The lowest BCUT2D eigenvalue weighted by molar-refractivity contribution is -0.112. The Hall–Kier alpha value is -2.62. The van der Waals surface area contributed by atoms with Crippen LogP contribution < -0.4 is 10.6 Å². The average molecular weight is 291 g/mol. The van der Waals surface area contributed by atoms with E-state index in [0.717, 1.165) is 23.2 Å². The Morgan fingerprint density at radius 2 is 2.00 bits per heavy atom. The molecular weight excluding hydrogens is 274 g/mol. The largest absolute Gasteiger partial charge is 0.379 e. The highest BCUT2D eigenvalue weighted by Crippen LogP contribution is 2.41. The second kappa shape index (κ2) is 4.70. The highest BCUT2D eigenvalue weighted by atomic mass is 16.2. The minimum atomic E-state index is -0.220. The molecule has 110 valence electrons. The summed E-state index contributed by atoms with van der Waals surface area (Å²) in [6.07, 6.45) is 0.880. The van der Waals surface area contributed by atoms with Gasteiger partial charge in [0.2, 0.25) is 0 Å².